The summed E-state index contributed by atoms with van der Waals surface area (Å²) in [6.45, 7) is 3.80. The average Bonchev–Trinajstić information content (AvgIpc) is 2.78. The SMILES string of the molecule is C=C(NNC(=O)c1cccc(S(=O)(=O)Nc2ccc(OC)cc2)c1)c1ccccn1. The largest absolute Gasteiger partial charge is 0.497 e. The predicted molar refractivity (Wildman–Crippen MR) is 114 cm³/mol. The highest BCUT2D eigenvalue weighted by Crippen LogP contribution is 2.20. The molecule has 154 valence electrons. The van der Waals surface area contributed by atoms with Crippen molar-refractivity contribution in [2.24, 2.45) is 0 Å². The molecule has 1 aromatic heterocycles. The van der Waals surface area contributed by atoms with Gasteiger partial charge in [-0.1, -0.05) is 18.7 Å². The molecule has 0 aliphatic carbocycles. The first-order valence-corrected chi connectivity index (χ1v) is 10.3. The monoisotopic (exact) mass is 424 g/mol. The molecule has 3 rings (SSSR count). The number of benzene rings is 2. The second-order valence-electron chi connectivity index (χ2n) is 6.13. The van der Waals surface area contributed by atoms with Crippen LogP contribution in [0.25, 0.3) is 5.70 Å². The summed E-state index contributed by atoms with van der Waals surface area (Å²) in [5.74, 6) is 0.0879. The molecule has 1 amide bonds. The highest BCUT2D eigenvalue weighted by molar-refractivity contribution is 7.92. The first kappa shape index (κ1) is 20.9. The van der Waals surface area contributed by atoms with E-state index in [1.807, 2.05) is 0 Å². The summed E-state index contributed by atoms with van der Waals surface area (Å²) in [5, 5.41) is 0. The number of hydrogen-bond acceptors (Lipinski definition) is 6. The van der Waals surface area contributed by atoms with Crippen LogP contribution in [0.4, 0.5) is 5.69 Å². The van der Waals surface area contributed by atoms with E-state index in [9.17, 15) is 13.2 Å². The van der Waals surface area contributed by atoms with Gasteiger partial charge in [0.1, 0.15) is 5.75 Å². The van der Waals surface area contributed by atoms with Gasteiger partial charge in [0.25, 0.3) is 15.9 Å². The van der Waals surface area contributed by atoms with Crippen molar-refractivity contribution in [1.82, 2.24) is 15.8 Å². The molecule has 0 unspecified atom stereocenters. The van der Waals surface area contributed by atoms with Crippen LogP contribution in [0.3, 0.4) is 0 Å². The summed E-state index contributed by atoms with van der Waals surface area (Å²) in [6, 6.07) is 17.4. The summed E-state index contributed by atoms with van der Waals surface area (Å²) < 4.78 is 32.9. The third-order valence-corrected chi connectivity index (χ3v) is 5.43. The van der Waals surface area contributed by atoms with Gasteiger partial charge in [-0.3, -0.25) is 25.4 Å². The van der Waals surface area contributed by atoms with Crippen molar-refractivity contribution < 1.29 is 17.9 Å². The van der Waals surface area contributed by atoms with Crippen LogP contribution >= 0.6 is 0 Å². The summed E-state index contributed by atoms with van der Waals surface area (Å²) in [7, 11) is -2.36. The summed E-state index contributed by atoms with van der Waals surface area (Å²) >= 11 is 0. The zero-order valence-electron chi connectivity index (χ0n) is 16.1. The lowest BCUT2D eigenvalue weighted by Crippen LogP contribution is -2.36. The van der Waals surface area contributed by atoms with Crippen molar-refractivity contribution in [2.45, 2.75) is 4.90 Å². The maximum atomic E-state index is 12.7. The molecule has 0 radical (unpaired) electrons. The fourth-order valence-corrected chi connectivity index (χ4v) is 3.59. The number of aromatic nitrogens is 1. The lowest BCUT2D eigenvalue weighted by Gasteiger charge is -2.12. The van der Waals surface area contributed by atoms with Crippen LogP contribution in [-0.4, -0.2) is 26.4 Å². The Morgan fingerprint density at radius 1 is 1.00 bits per heavy atom. The number of hydrazine groups is 1. The van der Waals surface area contributed by atoms with E-state index in [1.54, 1.807) is 48.7 Å². The number of rotatable bonds is 8. The number of amides is 1. The predicted octanol–water partition coefficient (Wildman–Crippen LogP) is 2.80. The van der Waals surface area contributed by atoms with E-state index >= 15 is 0 Å². The van der Waals surface area contributed by atoms with E-state index in [0.717, 1.165) is 0 Å². The molecule has 30 heavy (non-hydrogen) atoms. The van der Waals surface area contributed by atoms with E-state index in [0.29, 0.717) is 22.8 Å². The number of methoxy groups -OCH3 is 1. The van der Waals surface area contributed by atoms with Gasteiger partial charge in [-0.2, -0.15) is 0 Å². The van der Waals surface area contributed by atoms with Crippen molar-refractivity contribution in [2.75, 3.05) is 11.8 Å². The fourth-order valence-electron chi connectivity index (χ4n) is 2.49. The number of pyridine rings is 1. The van der Waals surface area contributed by atoms with Crippen molar-refractivity contribution in [1.29, 1.82) is 0 Å². The topological polar surface area (TPSA) is 109 Å². The summed E-state index contributed by atoms with van der Waals surface area (Å²) in [5.41, 5.74) is 6.65. The maximum absolute atomic E-state index is 12.7. The zero-order chi connectivity index (χ0) is 21.6. The lowest BCUT2D eigenvalue weighted by atomic mass is 10.2. The molecule has 0 bridgehead atoms. The molecule has 0 spiro atoms. The highest BCUT2D eigenvalue weighted by atomic mass is 32.2. The fraction of sp³-hybridized carbons (Fsp3) is 0.0476. The Morgan fingerprint density at radius 2 is 1.77 bits per heavy atom. The molecule has 0 atom stereocenters. The first-order valence-electron chi connectivity index (χ1n) is 8.82. The Morgan fingerprint density at radius 3 is 2.43 bits per heavy atom. The number of carbonyl (C=O) groups excluding carboxylic acids is 1. The van der Waals surface area contributed by atoms with Crippen molar-refractivity contribution >= 4 is 27.3 Å². The molecule has 1 heterocycles. The van der Waals surface area contributed by atoms with Gasteiger partial charge in [0, 0.05) is 17.4 Å². The number of ether oxygens (including phenoxy) is 1. The van der Waals surface area contributed by atoms with Gasteiger partial charge in [-0.15, -0.1) is 0 Å². The molecule has 0 fully saturated rings. The molecule has 0 aliphatic rings. The lowest BCUT2D eigenvalue weighted by molar-refractivity contribution is 0.0942. The van der Waals surface area contributed by atoms with Crippen LogP contribution in [-0.2, 0) is 10.0 Å². The number of hydrogen-bond donors (Lipinski definition) is 3. The molecule has 2 aromatic carbocycles. The number of nitrogens with zero attached hydrogens (tertiary/aromatic N) is 1. The van der Waals surface area contributed by atoms with Gasteiger partial charge >= 0.3 is 0 Å². The van der Waals surface area contributed by atoms with Crippen LogP contribution in [0.1, 0.15) is 16.1 Å². The Kier molecular flexibility index (Phi) is 6.33. The van der Waals surface area contributed by atoms with E-state index in [-0.39, 0.29) is 10.5 Å². The Balaban J connectivity index is 1.69. The Labute approximate surface area is 174 Å². The van der Waals surface area contributed by atoms with Gasteiger partial charge in [-0.05, 0) is 54.6 Å². The Bertz CT molecular complexity index is 1150. The quantitative estimate of drug-likeness (QED) is 0.480. The Hall–Kier alpha value is -3.85. The first-order chi connectivity index (χ1) is 14.4. The van der Waals surface area contributed by atoms with Crippen LogP contribution in [0, 0.1) is 0 Å². The van der Waals surface area contributed by atoms with Gasteiger partial charge in [-0.25, -0.2) is 8.42 Å². The molecule has 0 saturated heterocycles. The smallest absolute Gasteiger partial charge is 0.269 e. The van der Waals surface area contributed by atoms with Crippen LogP contribution in [0.2, 0.25) is 0 Å². The standard InChI is InChI=1S/C21H20N4O4S/c1-15(20-8-3-4-13-22-20)23-24-21(26)16-6-5-7-19(14-16)30(27,28)25-17-9-11-18(29-2)12-10-17/h3-14,23,25H,1H2,2H3,(H,24,26). The molecule has 8 nitrogen and oxygen atoms in total. The summed E-state index contributed by atoms with van der Waals surface area (Å²) in [4.78, 5) is 16.5. The van der Waals surface area contributed by atoms with Gasteiger partial charge in [0.15, 0.2) is 0 Å². The summed E-state index contributed by atoms with van der Waals surface area (Å²) in [6.07, 6.45) is 1.61. The zero-order valence-corrected chi connectivity index (χ0v) is 16.9. The maximum Gasteiger partial charge on any atom is 0.269 e. The molecule has 9 heteroatoms. The highest BCUT2D eigenvalue weighted by Gasteiger charge is 2.17. The van der Waals surface area contributed by atoms with Crippen molar-refractivity contribution in [3.8, 4) is 5.75 Å². The molecule has 0 saturated carbocycles. The van der Waals surface area contributed by atoms with E-state index in [2.05, 4.69) is 27.1 Å². The third kappa shape index (κ3) is 5.15. The van der Waals surface area contributed by atoms with E-state index in [4.69, 9.17) is 4.74 Å². The van der Waals surface area contributed by atoms with Crippen LogP contribution in [0.5, 0.6) is 5.75 Å². The van der Waals surface area contributed by atoms with Gasteiger partial charge in [0.2, 0.25) is 0 Å². The van der Waals surface area contributed by atoms with Crippen molar-refractivity contribution in [3.05, 3.63) is 90.8 Å². The molecule has 0 aliphatic heterocycles. The number of sulfonamides is 1. The minimum atomic E-state index is -3.88. The van der Waals surface area contributed by atoms with Gasteiger partial charge < -0.3 is 4.74 Å². The average molecular weight is 424 g/mol. The number of nitrogens with one attached hydrogen (secondary N) is 3. The minimum absolute atomic E-state index is 0.0467. The number of carbonyl (C=O) groups is 1. The molecule has 3 N–H and O–H groups in total. The van der Waals surface area contributed by atoms with Gasteiger partial charge in [0.05, 0.1) is 23.4 Å². The van der Waals surface area contributed by atoms with Crippen LogP contribution < -0.4 is 20.3 Å². The van der Waals surface area contributed by atoms with Crippen LogP contribution in [0.15, 0.2) is 84.4 Å². The van der Waals surface area contributed by atoms with Crippen molar-refractivity contribution in [3.63, 3.8) is 0 Å². The van der Waals surface area contributed by atoms with E-state index in [1.165, 1.54) is 31.4 Å². The molecular formula is C21H20N4O4S. The second kappa shape index (κ2) is 9.10. The molecular weight excluding hydrogens is 404 g/mol. The normalized spacial score (nSPS) is 10.7. The van der Waals surface area contributed by atoms with E-state index < -0.39 is 15.9 Å². The number of anilines is 1. The molecule has 3 aromatic rings. The second-order valence-corrected chi connectivity index (χ2v) is 7.82. The third-order valence-electron chi connectivity index (χ3n) is 4.05. The minimum Gasteiger partial charge on any atom is -0.497 e.